The molecule has 0 unspecified atom stereocenters. The van der Waals surface area contributed by atoms with Crippen molar-refractivity contribution in [1.29, 1.82) is 0 Å². The maximum absolute atomic E-state index is 9.67. The van der Waals surface area contributed by atoms with Gasteiger partial charge in [0.05, 0.1) is 0 Å². The first-order valence-electron chi connectivity index (χ1n) is 1.10. The molecular formula is H2MoO4PS. The number of phosphoric acid groups is 1. The van der Waals surface area contributed by atoms with Gasteiger partial charge in [-0.15, -0.1) is 0 Å². The van der Waals surface area contributed by atoms with Crippen LogP contribution in [-0.4, -0.2) is 9.79 Å². The van der Waals surface area contributed by atoms with Crippen LogP contribution in [0.15, 0.2) is 0 Å². The van der Waals surface area contributed by atoms with Gasteiger partial charge in [0.15, 0.2) is 0 Å². The SMILES string of the molecule is O=P(O)(O)[O][Mo]=[S]. The van der Waals surface area contributed by atoms with Crippen LogP contribution in [-0.2, 0) is 24.9 Å². The molecule has 0 rings (SSSR count). The van der Waals surface area contributed by atoms with Gasteiger partial charge in [0, 0.05) is 0 Å². The molecule has 0 fully saturated rings. The van der Waals surface area contributed by atoms with E-state index in [4.69, 9.17) is 9.79 Å². The van der Waals surface area contributed by atoms with Gasteiger partial charge in [0.25, 0.3) is 0 Å². The van der Waals surface area contributed by atoms with Gasteiger partial charge >= 0.3 is 52.3 Å². The van der Waals surface area contributed by atoms with E-state index in [1.54, 1.807) is 0 Å². The van der Waals surface area contributed by atoms with Crippen molar-refractivity contribution in [3.05, 3.63) is 0 Å². The Hall–Kier alpha value is 1.02. The van der Waals surface area contributed by atoms with E-state index in [2.05, 4.69) is 13.0 Å². The molecule has 4 nitrogen and oxygen atoms in total. The molecule has 0 aliphatic carbocycles. The summed E-state index contributed by atoms with van der Waals surface area (Å²) in [6.07, 6.45) is 0. The average molecular weight is 225 g/mol. The Balaban J connectivity index is 3.57. The van der Waals surface area contributed by atoms with Gasteiger partial charge in [-0.3, -0.25) is 0 Å². The van der Waals surface area contributed by atoms with Gasteiger partial charge in [-0.25, -0.2) is 0 Å². The molecule has 0 aromatic carbocycles. The van der Waals surface area contributed by atoms with E-state index in [0.29, 0.717) is 0 Å². The second kappa shape index (κ2) is 3.13. The van der Waals surface area contributed by atoms with Crippen molar-refractivity contribution in [3.8, 4) is 0 Å². The summed E-state index contributed by atoms with van der Waals surface area (Å²) >= 11 is -1.31. The van der Waals surface area contributed by atoms with Crippen molar-refractivity contribution in [1.82, 2.24) is 0 Å². The minimum atomic E-state index is -4.21. The summed E-state index contributed by atoms with van der Waals surface area (Å²) in [5.41, 5.74) is 0. The average Bonchev–Trinajstić information content (AvgIpc) is 1.30. The first-order valence-corrected chi connectivity index (χ1v) is 6.24. The van der Waals surface area contributed by atoms with Crippen LogP contribution >= 0.6 is 17.6 Å². The van der Waals surface area contributed by atoms with Crippen LogP contribution in [0.2, 0.25) is 0 Å². The van der Waals surface area contributed by atoms with Crippen molar-refractivity contribution in [2.75, 3.05) is 0 Å². The number of rotatable bonds is 2. The molecule has 0 spiro atoms. The summed E-state index contributed by atoms with van der Waals surface area (Å²) in [5.74, 6) is 0. The maximum atomic E-state index is 9.67. The second-order valence-electron chi connectivity index (χ2n) is 0.633. The zero-order chi connectivity index (χ0) is 5.91. The van der Waals surface area contributed by atoms with E-state index >= 15 is 0 Å². The Morgan fingerprint density at radius 1 is 1.71 bits per heavy atom. The van der Waals surface area contributed by atoms with Crippen LogP contribution in [0, 0.1) is 0 Å². The number of hydrogen-bond acceptors (Lipinski definition) is 3. The van der Waals surface area contributed by atoms with Gasteiger partial charge in [0.2, 0.25) is 0 Å². The van der Waals surface area contributed by atoms with Crippen molar-refractivity contribution < 1.29 is 34.7 Å². The van der Waals surface area contributed by atoms with Crippen LogP contribution < -0.4 is 0 Å². The topological polar surface area (TPSA) is 66.8 Å². The molecule has 0 aliphatic rings. The Morgan fingerprint density at radius 3 is 2.14 bits per heavy atom. The van der Waals surface area contributed by atoms with Crippen LogP contribution in [0.1, 0.15) is 0 Å². The molecule has 0 saturated heterocycles. The molecule has 0 bridgehead atoms. The molecule has 7 heteroatoms. The third kappa shape index (κ3) is 7.02. The van der Waals surface area contributed by atoms with E-state index in [1.807, 2.05) is 0 Å². The van der Waals surface area contributed by atoms with E-state index in [1.165, 1.54) is 0 Å². The van der Waals surface area contributed by atoms with E-state index < -0.39 is 24.9 Å². The van der Waals surface area contributed by atoms with E-state index in [0.717, 1.165) is 0 Å². The van der Waals surface area contributed by atoms with Gasteiger partial charge in [-0.2, -0.15) is 0 Å². The van der Waals surface area contributed by atoms with Crippen LogP contribution in [0.4, 0.5) is 0 Å². The predicted octanol–water partition coefficient (Wildman–Crippen LogP) is 0.206. The zero-order valence-corrected chi connectivity index (χ0v) is 6.69. The van der Waals surface area contributed by atoms with Crippen LogP contribution in [0.25, 0.3) is 0 Å². The molecule has 0 aliphatic heterocycles. The molecular weight excluding hydrogens is 223 g/mol. The first kappa shape index (κ1) is 8.02. The summed E-state index contributed by atoms with van der Waals surface area (Å²) in [5, 5.41) is 0. The predicted molar refractivity (Wildman–Crippen MR) is 20.7 cm³/mol. The standard InChI is InChI=1S/Mo.H3O4P.S/c;1-5(2,3)4;/h;(H3,1,2,3,4);/q+1;;/p-1. The molecule has 2 N–H and O–H groups in total. The minimum absolute atomic E-state index is 1.31. The fourth-order valence-corrected chi connectivity index (χ4v) is 2.11. The molecule has 0 atom stereocenters. The number of hydrogen-bond donors (Lipinski definition) is 2. The van der Waals surface area contributed by atoms with Crippen molar-refractivity contribution in [3.63, 3.8) is 0 Å². The normalized spacial score (nSPS) is 11.1. The van der Waals surface area contributed by atoms with Crippen LogP contribution in [0.5, 0.6) is 0 Å². The molecule has 0 aromatic rings. The summed E-state index contributed by atoms with van der Waals surface area (Å²) in [6.45, 7) is 0. The third-order valence-electron chi connectivity index (χ3n) is 0.128. The third-order valence-corrected chi connectivity index (χ3v) is 3.34. The molecule has 7 heavy (non-hydrogen) atoms. The molecule has 0 amide bonds. The molecule has 43 valence electrons. The summed E-state index contributed by atoms with van der Waals surface area (Å²) in [4.78, 5) is 15.7. The van der Waals surface area contributed by atoms with E-state index in [-0.39, 0.29) is 0 Å². The summed E-state index contributed by atoms with van der Waals surface area (Å²) < 4.78 is 13.5. The summed E-state index contributed by atoms with van der Waals surface area (Å²) in [7, 11) is 0.00358. The van der Waals surface area contributed by atoms with E-state index in [9.17, 15) is 4.57 Å². The molecule has 0 radical (unpaired) electrons. The fraction of sp³-hybridized carbons (Fsp3) is 0. The summed E-state index contributed by atoms with van der Waals surface area (Å²) in [6, 6.07) is 0. The quantitative estimate of drug-likeness (QED) is 0.519. The first-order chi connectivity index (χ1) is 3.06. The monoisotopic (exact) mass is 227 g/mol. The Labute approximate surface area is 52.6 Å². The van der Waals surface area contributed by atoms with Crippen molar-refractivity contribution in [2.45, 2.75) is 0 Å². The van der Waals surface area contributed by atoms with Gasteiger partial charge < -0.3 is 0 Å². The Bertz CT molecular complexity index is 104. The molecule has 0 heterocycles. The van der Waals surface area contributed by atoms with Crippen molar-refractivity contribution in [2.24, 2.45) is 0 Å². The second-order valence-corrected chi connectivity index (χ2v) is 4.00. The molecule has 0 aromatic heterocycles. The van der Waals surface area contributed by atoms with Crippen molar-refractivity contribution >= 4 is 17.6 Å². The Kier molecular flexibility index (Phi) is 3.58. The zero-order valence-electron chi connectivity index (χ0n) is 2.97. The van der Waals surface area contributed by atoms with Gasteiger partial charge in [0.1, 0.15) is 0 Å². The van der Waals surface area contributed by atoms with Gasteiger partial charge in [-0.05, 0) is 0 Å². The molecule has 0 saturated carbocycles. The Morgan fingerprint density at radius 2 is 2.14 bits per heavy atom. The fourth-order valence-electron chi connectivity index (χ4n) is 0.0396. The van der Waals surface area contributed by atoms with Gasteiger partial charge in [-0.1, -0.05) is 0 Å². The van der Waals surface area contributed by atoms with Crippen LogP contribution in [0.3, 0.4) is 0 Å².